The number of rotatable bonds is 5. The van der Waals surface area contributed by atoms with Crippen LogP contribution in [0.3, 0.4) is 0 Å². The van der Waals surface area contributed by atoms with E-state index in [2.05, 4.69) is 5.10 Å². The van der Waals surface area contributed by atoms with Crippen molar-refractivity contribution < 1.29 is 18.3 Å². The van der Waals surface area contributed by atoms with Gasteiger partial charge in [-0.1, -0.05) is 12.1 Å². The number of methoxy groups -OCH3 is 1. The van der Waals surface area contributed by atoms with Gasteiger partial charge in [0.05, 0.1) is 18.5 Å². The van der Waals surface area contributed by atoms with Gasteiger partial charge in [-0.25, -0.2) is 9.07 Å². The van der Waals surface area contributed by atoms with E-state index in [1.165, 1.54) is 6.07 Å². The summed E-state index contributed by atoms with van der Waals surface area (Å²) in [4.78, 5) is 17.3. The third-order valence-corrected chi connectivity index (χ3v) is 6.00. The van der Waals surface area contributed by atoms with Gasteiger partial charge < -0.3 is 19.0 Å². The van der Waals surface area contributed by atoms with Crippen LogP contribution < -0.4 is 9.64 Å². The maximum absolute atomic E-state index is 14.2. The fraction of sp³-hybridized carbons (Fsp3) is 0.231. The molecule has 8 heteroatoms. The van der Waals surface area contributed by atoms with Gasteiger partial charge in [0.2, 0.25) is 0 Å². The Kier molecular flexibility index (Phi) is 5.79. The second kappa shape index (κ2) is 9.05. The molecule has 3 heterocycles. The van der Waals surface area contributed by atoms with Crippen LogP contribution in [0.1, 0.15) is 16.2 Å². The number of hydrogen-bond donors (Lipinski definition) is 0. The first kappa shape index (κ1) is 21.8. The number of halogens is 1. The monoisotopic (exact) mass is 460 g/mol. The van der Waals surface area contributed by atoms with Crippen LogP contribution in [-0.4, -0.2) is 53.9 Å². The lowest BCUT2D eigenvalue weighted by Crippen LogP contribution is -2.49. The fourth-order valence-corrected chi connectivity index (χ4v) is 4.17. The van der Waals surface area contributed by atoms with Crippen molar-refractivity contribution in [1.29, 1.82) is 0 Å². The standard InChI is InChI=1S/C26H25FN4O3/c1-18-7-12-25(34-18)22-17-24(31(28-22)19-8-10-20(33-2)11-9-19)26(32)30-15-13-29(14-16-30)23-6-4-3-5-21(23)27/h3-12,17H,13-16H2,1-2H3. The highest BCUT2D eigenvalue weighted by atomic mass is 19.1. The molecule has 2 aromatic carbocycles. The summed E-state index contributed by atoms with van der Waals surface area (Å²) in [5, 5.41) is 4.68. The molecule has 1 saturated heterocycles. The Morgan fingerprint density at radius 1 is 1.00 bits per heavy atom. The van der Waals surface area contributed by atoms with E-state index in [1.54, 1.807) is 34.9 Å². The molecule has 5 rings (SSSR count). The number of ether oxygens (including phenoxy) is 1. The average Bonchev–Trinajstić information content (AvgIpc) is 3.51. The van der Waals surface area contributed by atoms with Crippen LogP contribution in [0.15, 0.2) is 71.1 Å². The smallest absolute Gasteiger partial charge is 0.272 e. The Hall–Kier alpha value is -4.07. The lowest BCUT2D eigenvalue weighted by Gasteiger charge is -2.36. The second-order valence-corrected chi connectivity index (χ2v) is 8.17. The van der Waals surface area contributed by atoms with Gasteiger partial charge in [-0.15, -0.1) is 0 Å². The Morgan fingerprint density at radius 2 is 1.74 bits per heavy atom. The second-order valence-electron chi connectivity index (χ2n) is 8.17. The van der Waals surface area contributed by atoms with Gasteiger partial charge in [-0.05, 0) is 55.5 Å². The SMILES string of the molecule is COc1ccc(-n2nc(-c3ccc(C)o3)cc2C(=O)N2CCN(c3ccccc3F)CC2)cc1. The van der Waals surface area contributed by atoms with Gasteiger partial charge in [0.25, 0.3) is 5.91 Å². The first-order chi connectivity index (χ1) is 16.5. The number of carbonyl (C=O) groups is 1. The number of carbonyl (C=O) groups excluding carboxylic acids is 1. The number of benzene rings is 2. The topological polar surface area (TPSA) is 63.7 Å². The first-order valence-electron chi connectivity index (χ1n) is 11.1. The lowest BCUT2D eigenvalue weighted by atomic mass is 10.2. The highest BCUT2D eigenvalue weighted by molar-refractivity contribution is 5.94. The van der Waals surface area contributed by atoms with Crippen molar-refractivity contribution >= 4 is 11.6 Å². The van der Waals surface area contributed by atoms with E-state index in [0.717, 1.165) is 17.2 Å². The summed E-state index contributed by atoms with van der Waals surface area (Å²) in [6.45, 7) is 3.93. The molecule has 0 aliphatic carbocycles. The minimum Gasteiger partial charge on any atom is -0.497 e. The summed E-state index contributed by atoms with van der Waals surface area (Å²) in [5.41, 5.74) is 2.32. The molecule has 1 fully saturated rings. The van der Waals surface area contributed by atoms with Crippen molar-refractivity contribution in [2.75, 3.05) is 38.2 Å². The molecule has 0 spiro atoms. The van der Waals surface area contributed by atoms with Crippen LogP contribution >= 0.6 is 0 Å². The number of amides is 1. The van der Waals surface area contributed by atoms with Crippen LogP contribution in [-0.2, 0) is 0 Å². The van der Waals surface area contributed by atoms with Gasteiger partial charge in [-0.2, -0.15) is 5.10 Å². The minimum atomic E-state index is -0.252. The average molecular weight is 461 g/mol. The molecule has 7 nitrogen and oxygen atoms in total. The number of anilines is 1. The number of piperazine rings is 1. The van der Waals surface area contributed by atoms with Crippen molar-refractivity contribution in [1.82, 2.24) is 14.7 Å². The summed E-state index contributed by atoms with van der Waals surface area (Å²) >= 11 is 0. The largest absolute Gasteiger partial charge is 0.497 e. The Bertz CT molecular complexity index is 1300. The highest BCUT2D eigenvalue weighted by Crippen LogP contribution is 2.26. The van der Waals surface area contributed by atoms with Gasteiger partial charge >= 0.3 is 0 Å². The van der Waals surface area contributed by atoms with Crippen LogP contribution in [0.5, 0.6) is 5.75 Å². The lowest BCUT2D eigenvalue weighted by molar-refractivity contribution is 0.0737. The highest BCUT2D eigenvalue weighted by Gasteiger charge is 2.27. The molecule has 4 aromatic rings. The van der Waals surface area contributed by atoms with Crippen LogP contribution in [0.25, 0.3) is 17.1 Å². The molecule has 0 N–H and O–H groups in total. The zero-order valence-corrected chi connectivity index (χ0v) is 19.1. The predicted octanol–water partition coefficient (Wildman–Crippen LogP) is 4.55. The molecule has 34 heavy (non-hydrogen) atoms. The number of furan rings is 1. The molecule has 0 bridgehead atoms. The van der Waals surface area contributed by atoms with E-state index < -0.39 is 0 Å². The normalized spacial score (nSPS) is 13.9. The third kappa shape index (κ3) is 4.14. The van der Waals surface area contributed by atoms with E-state index in [0.29, 0.717) is 49.0 Å². The van der Waals surface area contributed by atoms with Crippen LogP contribution in [0.4, 0.5) is 10.1 Å². The summed E-state index contributed by atoms with van der Waals surface area (Å²) < 4.78 is 26.8. The molecule has 2 aromatic heterocycles. The molecular weight excluding hydrogens is 435 g/mol. The summed E-state index contributed by atoms with van der Waals surface area (Å²) in [6.07, 6.45) is 0. The summed E-state index contributed by atoms with van der Waals surface area (Å²) in [5.74, 6) is 1.70. The fourth-order valence-electron chi connectivity index (χ4n) is 4.17. The number of aryl methyl sites for hydroxylation is 1. The summed E-state index contributed by atoms with van der Waals surface area (Å²) in [7, 11) is 1.61. The molecule has 174 valence electrons. The van der Waals surface area contributed by atoms with E-state index in [1.807, 2.05) is 54.3 Å². The maximum Gasteiger partial charge on any atom is 0.272 e. The first-order valence-corrected chi connectivity index (χ1v) is 11.1. The van der Waals surface area contributed by atoms with Crippen molar-refractivity contribution in [2.24, 2.45) is 0 Å². The molecule has 0 radical (unpaired) electrons. The van der Waals surface area contributed by atoms with Crippen molar-refractivity contribution in [3.8, 4) is 22.9 Å². The van der Waals surface area contributed by atoms with Gasteiger partial charge in [0.1, 0.15) is 28.7 Å². The van der Waals surface area contributed by atoms with E-state index in [9.17, 15) is 9.18 Å². The van der Waals surface area contributed by atoms with Crippen molar-refractivity contribution in [3.05, 3.63) is 84.0 Å². The van der Waals surface area contributed by atoms with E-state index in [-0.39, 0.29) is 11.7 Å². The molecule has 0 atom stereocenters. The molecule has 0 saturated carbocycles. The Labute approximate surface area is 197 Å². The Balaban J connectivity index is 1.43. The number of aromatic nitrogens is 2. The van der Waals surface area contributed by atoms with E-state index in [4.69, 9.17) is 9.15 Å². The van der Waals surface area contributed by atoms with Crippen LogP contribution in [0.2, 0.25) is 0 Å². The summed E-state index contributed by atoms with van der Waals surface area (Å²) in [6, 6.07) is 19.6. The quantitative estimate of drug-likeness (QED) is 0.437. The Morgan fingerprint density at radius 3 is 2.38 bits per heavy atom. The van der Waals surface area contributed by atoms with E-state index >= 15 is 0 Å². The van der Waals surface area contributed by atoms with Gasteiger partial charge in [-0.3, -0.25) is 4.79 Å². The number of hydrogen-bond acceptors (Lipinski definition) is 5. The zero-order valence-electron chi connectivity index (χ0n) is 19.1. The maximum atomic E-state index is 14.2. The zero-order chi connectivity index (χ0) is 23.7. The van der Waals surface area contributed by atoms with Crippen molar-refractivity contribution in [3.63, 3.8) is 0 Å². The number of nitrogens with zero attached hydrogens (tertiary/aromatic N) is 4. The molecular formula is C26H25FN4O3. The molecule has 1 aliphatic rings. The third-order valence-electron chi connectivity index (χ3n) is 6.00. The van der Waals surface area contributed by atoms with Crippen molar-refractivity contribution in [2.45, 2.75) is 6.92 Å². The number of para-hydroxylation sites is 1. The van der Waals surface area contributed by atoms with Gasteiger partial charge in [0, 0.05) is 32.2 Å². The predicted molar refractivity (Wildman–Crippen MR) is 127 cm³/mol. The molecule has 1 aliphatic heterocycles. The molecule has 1 amide bonds. The van der Waals surface area contributed by atoms with Crippen LogP contribution in [0, 0.1) is 12.7 Å². The minimum absolute atomic E-state index is 0.133. The molecule has 0 unspecified atom stereocenters. The van der Waals surface area contributed by atoms with Gasteiger partial charge in [0.15, 0.2) is 5.76 Å².